The van der Waals surface area contributed by atoms with E-state index in [9.17, 15) is 4.79 Å². The number of benzene rings is 1. The van der Waals surface area contributed by atoms with Crippen LogP contribution < -0.4 is 10.2 Å². The lowest BCUT2D eigenvalue weighted by atomic mass is 10.0. The number of morpholine rings is 1. The first kappa shape index (κ1) is 16.1. The molecule has 1 saturated carbocycles. The summed E-state index contributed by atoms with van der Waals surface area (Å²) < 4.78 is 5.39. The minimum Gasteiger partial charge on any atom is -0.378 e. The number of hydrogen-bond acceptors (Lipinski definition) is 4. The number of anilines is 1. The van der Waals surface area contributed by atoms with E-state index in [1.165, 1.54) is 5.56 Å². The minimum absolute atomic E-state index is 0.0801. The lowest BCUT2D eigenvalue weighted by Gasteiger charge is -2.29. The van der Waals surface area contributed by atoms with Gasteiger partial charge in [0.05, 0.1) is 13.2 Å². The summed E-state index contributed by atoms with van der Waals surface area (Å²) in [5.74, 6) is -0.0801. The molecule has 2 aromatic rings. The van der Waals surface area contributed by atoms with Crippen molar-refractivity contribution >= 4 is 11.6 Å². The number of nitrogens with one attached hydrogen (secondary N) is 1. The van der Waals surface area contributed by atoms with E-state index in [0.29, 0.717) is 5.69 Å². The summed E-state index contributed by atoms with van der Waals surface area (Å²) in [5.41, 5.74) is 2.68. The van der Waals surface area contributed by atoms with Crippen LogP contribution in [0.3, 0.4) is 0 Å². The molecule has 0 bridgehead atoms. The average molecular weight is 337 g/mol. The molecule has 5 nitrogen and oxygen atoms in total. The SMILES string of the molecule is O=C(NC1(Cc2ccccc2)CC1)c1cc(N2CCOCC2)ccn1. The zero-order valence-electron chi connectivity index (χ0n) is 14.3. The molecule has 1 saturated heterocycles. The number of nitrogens with zero attached hydrogens (tertiary/aromatic N) is 2. The third kappa shape index (κ3) is 3.82. The number of amides is 1. The number of rotatable bonds is 5. The summed E-state index contributed by atoms with van der Waals surface area (Å²) in [4.78, 5) is 19.2. The number of aromatic nitrogens is 1. The Morgan fingerprint density at radius 1 is 1.16 bits per heavy atom. The Hall–Kier alpha value is -2.40. The quantitative estimate of drug-likeness (QED) is 0.910. The summed E-state index contributed by atoms with van der Waals surface area (Å²) in [6, 6.07) is 14.2. The van der Waals surface area contributed by atoms with Crippen molar-refractivity contribution < 1.29 is 9.53 Å². The normalized spacial score (nSPS) is 18.6. The third-order valence-electron chi connectivity index (χ3n) is 4.97. The van der Waals surface area contributed by atoms with Crippen molar-refractivity contribution in [3.05, 3.63) is 59.9 Å². The molecule has 5 heteroatoms. The highest BCUT2D eigenvalue weighted by Gasteiger charge is 2.44. The van der Waals surface area contributed by atoms with Crippen molar-refractivity contribution in [2.24, 2.45) is 0 Å². The summed E-state index contributed by atoms with van der Waals surface area (Å²) in [7, 11) is 0. The summed E-state index contributed by atoms with van der Waals surface area (Å²) in [5, 5.41) is 3.22. The zero-order chi connectivity index (χ0) is 17.1. The fourth-order valence-electron chi connectivity index (χ4n) is 3.35. The summed E-state index contributed by atoms with van der Waals surface area (Å²) in [6.45, 7) is 3.15. The molecule has 4 rings (SSSR count). The standard InChI is InChI=1S/C20H23N3O2/c24-19(22-20(7-8-20)15-16-4-2-1-3-5-16)18-14-17(6-9-21-18)23-10-12-25-13-11-23/h1-6,9,14H,7-8,10-13,15H2,(H,22,24). The van der Waals surface area contributed by atoms with Gasteiger partial charge in [0.15, 0.2) is 0 Å². The van der Waals surface area contributed by atoms with Crippen LogP contribution in [0.15, 0.2) is 48.7 Å². The van der Waals surface area contributed by atoms with Crippen LogP contribution in [0.5, 0.6) is 0 Å². The average Bonchev–Trinajstić information content (AvgIpc) is 3.42. The Bertz CT molecular complexity index is 738. The maximum absolute atomic E-state index is 12.7. The zero-order valence-corrected chi connectivity index (χ0v) is 14.3. The maximum atomic E-state index is 12.7. The molecule has 0 unspecified atom stereocenters. The van der Waals surface area contributed by atoms with E-state index in [-0.39, 0.29) is 11.4 Å². The highest BCUT2D eigenvalue weighted by molar-refractivity contribution is 5.94. The lowest BCUT2D eigenvalue weighted by molar-refractivity contribution is 0.0926. The Kier molecular flexibility index (Phi) is 4.40. The van der Waals surface area contributed by atoms with Crippen molar-refractivity contribution in [1.82, 2.24) is 10.3 Å². The van der Waals surface area contributed by atoms with Crippen LogP contribution in [0.1, 0.15) is 28.9 Å². The third-order valence-corrected chi connectivity index (χ3v) is 4.97. The Morgan fingerprint density at radius 2 is 1.92 bits per heavy atom. The van der Waals surface area contributed by atoms with Crippen molar-refractivity contribution in [2.75, 3.05) is 31.2 Å². The topological polar surface area (TPSA) is 54.5 Å². The number of hydrogen-bond donors (Lipinski definition) is 1. The first-order valence-electron chi connectivity index (χ1n) is 8.89. The van der Waals surface area contributed by atoms with Gasteiger partial charge in [0, 0.05) is 30.5 Å². The van der Waals surface area contributed by atoms with E-state index >= 15 is 0 Å². The molecule has 0 spiro atoms. The molecular formula is C20H23N3O2. The van der Waals surface area contributed by atoms with Gasteiger partial charge in [-0.3, -0.25) is 9.78 Å². The van der Waals surface area contributed by atoms with Crippen LogP contribution in [0.2, 0.25) is 0 Å². The molecule has 1 aliphatic heterocycles. The molecule has 1 aromatic carbocycles. The molecule has 130 valence electrons. The van der Waals surface area contributed by atoms with Gasteiger partial charge >= 0.3 is 0 Å². The van der Waals surface area contributed by atoms with Gasteiger partial charge < -0.3 is 15.0 Å². The van der Waals surface area contributed by atoms with Gasteiger partial charge in [0.2, 0.25) is 0 Å². The lowest BCUT2D eigenvalue weighted by Crippen LogP contribution is -2.39. The molecule has 0 atom stereocenters. The van der Waals surface area contributed by atoms with E-state index in [4.69, 9.17) is 4.74 Å². The van der Waals surface area contributed by atoms with Crippen molar-refractivity contribution in [3.8, 4) is 0 Å². The highest BCUT2D eigenvalue weighted by Crippen LogP contribution is 2.38. The Balaban J connectivity index is 1.44. The van der Waals surface area contributed by atoms with E-state index in [2.05, 4.69) is 27.3 Å². The van der Waals surface area contributed by atoms with Crippen LogP contribution in [0.25, 0.3) is 0 Å². The predicted octanol–water partition coefficient (Wildman–Crippen LogP) is 2.42. The number of ether oxygens (including phenoxy) is 1. The maximum Gasteiger partial charge on any atom is 0.270 e. The predicted molar refractivity (Wildman–Crippen MR) is 96.8 cm³/mol. The summed E-state index contributed by atoms with van der Waals surface area (Å²) in [6.07, 6.45) is 4.65. The molecule has 1 amide bonds. The van der Waals surface area contributed by atoms with Gasteiger partial charge in [-0.2, -0.15) is 0 Å². The number of carbonyl (C=O) groups is 1. The van der Waals surface area contributed by atoms with E-state index < -0.39 is 0 Å². The van der Waals surface area contributed by atoms with Crippen molar-refractivity contribution in [3.63, 3.8) is 0 Å². The van der Waals surface area contributed by atoms with E-state index in [0.717, 1.165) is 51.3 Å². The molecule has 2 aliphatic rings. The van der Waals surface area contributed by atoms with Crippen LogP contribution in [0.4, 0.5) is 5.69 Å². The van der Waals surface area contributed by atoms with Gasteiger partial charge in [-0.15, -0.1) is 0 Å². The molecule has 25 heavy (non-hydrogen) atoms. The first-order chi connectivity index (χ1) is 12.2. The fourth-order valence-corrected chi connectivity index (χ4v) is 3.35. The van der Waals surface area contributed by atoms with Gasteiger partial charge in [0.25, 0.3) is 5.91 Å². The van der Waals surface area contributed by atoms with Gasteiger partial charge in [-0.05, 0) is 37.0 Å². The summed E-state index contributed by atoms with van der Waals surface area (Å²) >= 11 is 0. The smallest absolute Gasteiger partial charge is 0.270 e. The van der Waals surface area contributed by atoms with E-state index in [1.807, 2.05) is 30.3 Å². The largest absolute Gasteiger partial charge is 0.378 e. The van der Waals surface area contributed by atoms with Crippen LogP contribution in [-0.2, 0) is 11.2 Å². The molecular weight excluding hydrogens is 314 g/mol. The Morgan fingerprint density at radius 3 is 2.64 bits per heavy atom. The Labute approximate surface area is 148 Å². The molecule has 1 aliphatic carbocycles. The fraction of sp³-hybridized carbons (Fsp3) is 0.400. The second-order valence-electron chi connectivity index (χ2n) is 6.90. The number of carbonyl (C=O) groups excluding carboxylic acids is 1. The second kappa shape index (κ2) is 6.84. The van der Waals surface area contributed by atoms with Crippen LogP contribution in [-0.4, -0.2) is 42.7 Å². The molecule has 2 heterocycles. The second-order valence-corrected chi connectivity index (χ2v) is 6.90. The highest BCUT2D eigenvalue weighted by atomic mass is 16.5. The molecule has 1 N–H and O–H groups in total. The molecule has 2 fully saturated rings. The van der Waals surface area contributed by atoms with Crippen molar-refractivity contribution in [2.45, 2.75) is 24.8 Å². The molecule has 0 radical (unpaired) electrons. The van der Waals surface area contributed by atoms with Gasteiger partial charge in [-0.1, -0.05) is 30.3 Å². The van der Waals surface area contributed by atoms with Gasteiger partial charge in [-0.25, -0.2) is 0 Å². The van der Waals surface area contributed by atoms with E-state index in [1.54, 1.807) is 6.20 Å². The van der Waals surface area contributed by atoms with Crippen LogP contribution >= 0.6 is 0 Å². The van der Waals surface area contributed by atoms with Crippen LogP contribution in [0, 0.1) is 0 Å². The van der Waals surface area contributed by atoms with Gasteiger partial charge in [0.1, 0.15) is 5.69 Å². The minimum atomic E-state index is -0.102. The number of pyridine rings is 1. The first-order valence-corrected chi connectivity index (χ1v) is 8.89. The monoisotopic (exact) mass is 337 g/mol. The van der Waals surface area contributed by atoms with Crippen molar-refractivity contribution in [1.29, 1.82) is 0 Å². The molecule has 1 aromatic heterocycles.